The van der Waals surface area contributed by atoms with E-state index in [1.807, 2.05) is 67.9 Å². The van der Waals surface area contributed by atoms with E-state index in [1.165, 1.54) is 5.56 Å². The van der Waals surface area contributed by atoms with E-state index < -0.39 is 0 Å². The number of ether oxygens (including phenoxy) is 2. The first-order chi connectivity index (χ1) is 14.0. The smallest absolute Gasteiger partial charge is 0.238 e. The highest BCUT2D eigenvalue weighted by Gasteiger charge is 2.34. The molecule has 6 nitrogen and oxygen atoms in total. The molecule has 3 aromatic rings. The van der Waals surface area contributed by atoms with E-state index in [1.54, 1.807) is 11.8 Å². The van der Waals surface area contributed by atoms with Gasteiger partial charge in [-0.2, -0.15) is 5.10 Å². The lowest BCUT2D eigenvalue weighted by Gasteiger charge is -2.17. The number of nitrogens with one attached hydrogen (secondary N) is 1. The van der Waals surface area contributed by atoms with Gasteiger partial charge >= 0.3 is 0 Å². The van der Waals surface area contributed by atoms with Crippen LogP contribution in [-0.2, 0) is 4.79 Å². The van der Waals surface area contributed by atoms with Crippen LogP contribution in [0, 0.1) is 13.8 Å². The van der Waals surface area contributed by atoms with Gasteiger partial charge in [0.25, 0.3) is 0 Å². The number of carbonyl (C=O) groups is 1. The van der Waals surface area contributed by atoms with Crippen LogP contribution in [0.2, 0.25) is 0 Å². The van der Waals surface area contributed by atoms with Crippen LogP contribution in [0.5, 0.6) is 11.5 Å². The van der Waals surface area contributed by atoms with E-state index in [9.17, 15) is 4.79 Å². The van der Waals surface area contributed by atoms with Crippen molar-refractivity contribution in [2.75, 3.05) is 12.1 Å². The SMILES string of the molecule is Cc1ccc(-n2nc(C)c3c2NC(=O)[C@@H](C)S[C@H]3c2ccc3c(c2)OCO3)cc1. The minimum atomic E-state index is -0.205. The maximum Gasteiger partial charge on any atom is 0.238 e. The Morgan fingerprint density at radius 2 is 1.86 bits per heavy atom. The number of thioether (sulfide) groups is 1. The van der Waals surface area contributed by atoms with E-state index in [4.69, 9.17) is 14.6 Å². The van der Waals surface area contributed by atoms with Crippen molar-refractivity contribution in [2.24, 2.45) is 0 Å². The third-order valence-corrected chi connectivity index (χ3v) is 6.70. The standard InChI is InChI=1S/C22H21N3O3S/c1-12-4-7-16(8-5-12)25-21-19(13(2)24-25)20(29-14(3)22(26)23-21)15-6-9-17-18(10-15)28-11-27-17/h4-10,14,20H,11H2,1-3H3,(H,23,26)/t14-,20+/m1/s1. The number of anilines is 1. The van der Waals surface area contributed by atoms with Crippen LogP contribution in [0.25, 0.3) is 5.69 Å². The summed E-state index contributed by atoms with van der Waals surface area (Å²) in [5.74, 6) is 2.20. The summed E-state index contributed by atoms with van der Waals surface area (Å²) in [6, 6.07) is 14.1. The van der Waals surface area contributed by atoms with Crippen molar-refractivity contribution in [2.45, 2.75) is 31.3 Å². The van der Waals surface area contributed by atoms with Gasteiger partial charge < -0.3 is 14.8 Å². The lowest BCUT2D eigenvalue weighted by atomic mass is 10.0. The highest BCUT2D eigenvalue weighted by molar-refractivity contribution is 8.01. The van der Waals surface area contributed by atoms with Crippen molar-refractivity contribution in [3.8, 4) is 17.2 Å². The number of nitrogens with zero attached hydrogens (tertiary/aromatic N) is 2. The molecule has 0 saturated heterocycles. The maximum atomic E-state index is 12.8. The van der Waals surface area contributed by atoms with Gasteiger partial charge in [-0.3, -0.25) is 4.79 Å². The molecule has 1 amide bonds. The number of aryl methyl sites for hydroxylation is 2. The minimum Gasteiger partial charge on any atom is -0.454 e. The van der Waals surface area contributed by atoms with Gasteiger partial charge in [-0.25, -0.2) is 4.68 Å². The van der Waals surface area contributed by atoms with Crippen LogP contribution in [0.4, 0.5) is 5.82 Å². The molecule has 1 N–H and O–H groups in total. The molecular formula is C22H21N3O3S. The summed E-state index contributed by atoms with van der Waals surface area (Å²) in [6.07, 6.45) is 0. The Hall–Kier alpha value is -2.93. The third-order valence-electron chi connectivity index (χ3n) is 5.30. The van der Waals surface area contributed by atoms with Crippen molar-refractivity contribution >= 4 is 23.5 Å². The summed E-state index contributed by atoms with van der Waals surface area (Å²) in [5.41, 5.74) is 5.08. The number of aromatic nitrogens is 2. The second-order valence-corrected chi connectivity index (χ2v) is 8.81. The lowest BCUT2D eigenvalue weighted by molar-refractivity contribution is -0.115. The molecule has 2 aliphatic rings. The monoisotopic (exact) mass is 407 g/mol. The Balaban J connectivity index is 1.67. The highest BCUT2D eigenvalue weighted by atomic mass is 32.2. The summed E-state index contributed by atoms with van der Waals surface area (Å²) < 4.78 is 12.9. The number of hydrogen-bond acceptors (Lipinski definition) is 5. The fourth-order valence-corrected chi connectivity index (χ4v) is 5.03. The van der Waals surface area contributed by atoms with Gasteiger partial charge in [0.1, 0.15) is 5.82 Å². The Labute approximate surface area is 173 Å². The zero-order valence-corrected chi connectivity index (χ0v) is 17.2. The van der Waals surface area contributed by atoms with Crippen molar-refractivity contribution in [1.29, 1.82) is 0 Å². The van der Waals surface area contributed by atoms with Gasteiger partial charge in [-0.05, 0) is 50.6 Å². The average Bonchev–Trinajstić information content (AvgIpc) is 3.27. The predicted molar refractivity (Wildman–Crippen MR) is 113 cm³/mol. The topological polar surface area (TPSA) is 65.4 Å². The van der Waals surface area contributed by atoms with Crippen LogP contribution < -0.4 is 14.8 Å². The molecule has 29 heavy (non-hydrogen) atoms. The van der Waals surface area contributed by atoms with Crippen molar-refractivity contribution in [3.63, 3.8) is 0 Å². The van der Waals surface area contributed by atoms with Crippen LogP contribution in [-0.4, -0.2) is 27.7 Å². The average molecular weight is 407 g/mol. The van der Waals surface area contributed by atoms with Crippen molar-refractivity contribution in [3.05, 3.63) is 64.8 Å². The largest absolute Gasteiger partial charge is 0.454 e. The first kappa shape index (κ1) is 18.1. The first-order valence-electron chi connectivity index (χ1n) is 9.53. The lowest BCUT2D eigenvalue weighted by Crippen LogP contribution is -2.22. The molecule has 0 bridgehead atoms. The summed E-state index contributed by atoms with van der Waals surface area (Å²) in [4.78, 5) is 12.8. The third kappa shape index (κ3) is 3.06. The number of benzene rings is 2. The molecule has 1 aromatic heterocycles. The highest BCUT2D eigenvalue weighted by Crippen LogP contribution is 2.48. The van der Waals surface area contributed by atoms with E-state index in [0.717, 1.165) is 39.8 Å². The number of amides is 1. The molecule has 2 atom stereocenters. The van der Waals surface area contributed by atoms with Crippen LogP contribution in [0.15, 0.2) is 42.5 Å². The number of hydrogen-bond donors (Lipinski definition) is 1. The van der Waals surface area contributed by atoms with E-state index in [2.05, 4.69) is 5.32 Å². The molecule has 0 saturated carbocycles. The summed E-state index contributed by atoms with van der Waals surface area (Å²) in [7, 11) is 0. The van der Waals surface area contributed by atoms with Crippen LogP contribution in [0.3, 0.4) is 0 Å². The summed E-state index contributed by atoms with van der Waals surface area (Å²) in [6.45, 7) is 6.22. The van der Waals surface area contributed by atoms with E-state index in [-0.39, 0.29) is 23.2 Å². The Kier molecular flexibility index (Phi) is 4.28. The molecule has 5 rings (SSSR count). The number of rotatable bonds is 2. The minimum absolute atomic E-state index is 0.0206. The predicted octanol–water partition coefficient (Wildman–Crippen LogP) is 4.38. The zero-order chi connectivity index (χ0) is 20.1. The van der Waals surface area contributed by atoms with E-state index >= 15 is 0 Å². The normalized spacial score (nSPS) is 20.2. The second kappa shape index (κ2) is 6.84. The Bertz CT molecular complexity index is 1110. The number of fused-ring (bicyclic) bond motifs is 2. The van der Waals surface area contributed by atoms with Gasteiger partial charge in [0.05, 0.1) is 21.9 Å². The molecule has 0 spiro atoms. The van der Waals surface area contributed by atoms with Gasteiger partial charge in [0, 0.05) is 5.56 Å². The Morgan fingerprint density at radius 3 is 2.66 bits per heavy atom. The first-order valence-corrected chi connectivity index (χ1v) is 10.5. The van der Waals surface area contributed by atoms with Gasteiger partial charge in [-0.1, -0.05) is 23.8 Å². The molecular weight excluding hydrogens is 386 g/mol. The fourth-order valence-electron chi connectivity index (χ4n) is 3.72. The van der Waals surface area contributed by atoms with Gasteiger partial charge in [0.2, 0.25) is 12.7 Å². The fraction of sp³-hybridized carbons (Fsp3) is 0.273. The molecule has 0 radical (unpaired) electrons. The molecule has 0 aliphatic carbocycles. The molecule has 0 unspecified atom stereocenters. The molecule has 3 heterocycles. The van der Waals surface area contributed by atoms with Gasteiger partial charge in [-0.15, -0.1) is 11.8 Å². The van der Waals surface area contributed by atoms with E-state index in [0.29, 0.717) is 0 Å². The Morgan fingerprint density at radius 1 is 1.10 bits per heavy atom. The maximum absolute atomic E-state index is 12.8. The molecule has 2 aliphatic heterocycles. The molecule has 7 heteroatoms. The van der Waals surface area contributed by atoms with Crippen LogP contribution in [0.1, 0.15) is 34.6 Å². The quantitative estimate of drug-likeness (QED) is 0.683. The molecule has 2 aromatic carbocycles. The van der Waals surface area contributed by atoms with Gasteiger partial charge in [0.15, 0.2) is 11.5 Å². The molecule has 148 valence electrons. The molecule has 0 fully saturated rings. The van der Waals surface area contributed by atoms with Crippen LogP contribution >= 0.6 is 11.8 Å². The second-order valence-electron chi connectivity index (χ2n) is 7.36. The van der Waals surface area contributed by atoms with Crippen molar-refractivity contribution < 1.29 is 14.3 Å². The summed E-state index contributed by atoms with van der Waals surface area (Å²) in [5, 5.41) is 7.63. The van der Waals surface area contributed by atoms with Crippen molar-refractivity contribution in [1.82, 2.24) is 9.78 Å². The zero-order valence-electron chi connectivity index (χ0n) is 16.4. The summed E-state index contributed by atoms with van der Waals surface area (Å²) >= 11 is 1.62. The number of carbonyl (C=O) groups excluding carboxylic acids is 1.